The summed E-state index contributed by atoms with van der Waals surface area (Å²) >= 11 is 0. The van der Waals surface area contributed by atoms with Crippen LogP contribution in [0.15, 0.2) is 138 Å². The van der Waals surface area contributed by atoms with Gasteiger partial charge in [-0.25, -0.2) is 0 Å². The number of hydrogen-bond donors (Lipinski definition) is 0. The maximum atomic E-state index is 7.68. The lowest BCUT2D eigenvalue weighted by Gasteiger charge is -2.45. The van der Waals surface area contributed by atoms with E-state index in [1.54, 1.807) is 0 Å². The van der Waals surface area contributed by atoms with Crippen molar-refractivity contribution in [2.75, 3.05) is 9.80 Å². The van der Waals surface area contributed by atoms with Crippen molar-refractivity contribution in [3.8, 4) is 11.1 Å². The summed E-state index contributed by atoms with van der Waals surface area (Å²) in [4.78, 5) is 5.19. The molecular formula is C60H65BN2O. The lowest BCUT2D eigenvalue weighted by molar-refractivity contribution is 0.282. The minimum atomic E-state index is -0.244. The zero-order valence-electron chi connectivity index (χ0n) is 40.5. The minimum absolute atomic E-state index is 0.0211. The first-order valence-corrected chi connectivity index (χ1v) is 23.6. The quantitative estimate of drug-likeness (QED) is 0.161. The number of furan rings is 1. The Kier molecular flexibility index (Phi) is 9.49. The summed E-state index contributed by atoms with van der Waals surface area (Å²) in [6.45, 7) is 30.4. The van der Waals surface area contributed by atoms with Crippen LogP contribution in [0.2, 0.25) is 0 Å². The molecule has 3 aliphatic rings. The van der Waals surface area contributed by atoms with Gasteiger partial charge in [0, 0.05) is 44.7 Å². The van der Waals surface area contributed by atoms with Gasteiger partial charge in [-0.15, -0.1) is 0 Å². The Morgan fingerprint density at radius 3 is 1.73 bits per heavy atom. The summed E-state index contributed by atoms with van der Waals surface area (Å²) in [7, 11) is 0. The Morgan fingerprint density at radius 2 is 1.09 bits per heavy atom. The van der Waals surface area contributed by atoms with Gasteiger partial charge >= 0.3 is 0 Å². The third-order valence-corrected chi connectivity index (χ3v) is 15.1. The Morgan fingerprint density at radius 1 is 0.531 bits per heavy atom. The van der Waals surface area contributed by atoms with E-state index < -0.39 is 0 Å². The molecule has 0 saturated carbocycles. The van der Waals surface area contributed by atoms with E-state index in [-0.39, 0.29) is 33.8 Å². The molecule has 1 aromatic heterocycles. The van der Waals surface area contributed by atoms with Crippen LogP contribution in [0.3, 0.4) is 0 Å². The van der Waals surface area contributed by atoms with E-state index in [0.29, 0.717) is 0 Å². The van der Waals surface area contributed by atoms with Crippen LogP contribution in [0.5, 0.6) is 0 Å². The predicted molar refractivity (Wildman–Crippen MR) is 274 cm³/mol. The van der Waals surface area contributed by atoms with Gasteiger partial charge in [0.15, 0.2) is 0 Å². The fourth-order valence-corrected chi connectivity index (χ4v) is 11.0. The van der Waals surface area contributed by atoms with Gasteiger partial charge in [-0.05, 0) is 123 Å². The van der Waals surface area contributed by atoms with E-state index in [4.69, 9.17) is 4.42 Å². The molecule has 0 spiro atoms. The average molecular weight is 841 g/mol. The van der Waals surface area contributed by atoms with Crippen molar-refractivity contribution in [3.05, 3.63) is 173 Å². The summed E-state index contributed by atoms with van der Waals surface area (Å²) in [5.74, 6) is 1.14. The number of fused-ring (bicyclic) bond motifs is 6. The molecule has 6 aromatic carbocycles. The Balaban J connectivity index is 1.33. The standard InChI is InChI=1S/C60H65BN2O/c1-38-34-49-52-50(35-38)63(47-30-26-42(57(5,6)7)36-45(47)39-20-16-14-17-21-39)48-31-27-43(60(12,13)41-22-18-15-19-23-41)37-46(48)61(52)55-53(51-54(64-55)59(10,11)33-32-58(51,8)9)62(49)44-28-24-40(25-29-44)56(2,3)4/h14-31,34-37H,32-33H2,1-13H3. The molecule has 1 aliphatic carbocycles. The molecule has 4 heteroatoms. The highest BCUT2D eigenvalue weighted by atomic mass is 16.3. The molecule has 10 rings (SSSR count). The van der Waals surface area contributed by atoms with Gasteiger partial charge in [0.1, 0.15) is 5.76 Å². The van der Waals surface area contributed by atoms with Crippen molar-refractivity contribution in [3.63, 3.8) is 0 Å². The van der Waals surface area contributed by atoms with E-state index in [1.807, 2.05) is 0 Å². The number of hydrogen-bond acceptors (Lipinski definition) is 3. The van der Waals surface area contributed by atoms with E-state index in [1.165, 1.54) is 89.6 Å². The van der Waals surface area contributed by atoms with Gasteiger partial charge in [-0.2, -0.15) is 0 Å². The van der Waals surface area contributed by atoms with Gasteiger partial charge in [-0.1, -0.05) is 174 Å². The molecular weight excluding hydrogens is 775 g/mol. The van der Waals surface area contributed by atoms with Crippen molar-refractivity contribution in [1.29, 1.82) is 0 Å². The van der Waals surface area contributed by atoms with Gasteiger partial charge in [0.05, 0.1) is 17.0 Å². The first kappa shape index (κ1) is 42.2. The van der Waals surface area contributed by atoms with Gasteiger partial charge in [-0.3, -0.25) is 0 Å². The van der Waals surface area contributed by atoms with E-state index in [2.05, 4.69) is 233 Å². The molecule has 3 heterocycles. The molecule has 0 saturated heterocycles. The fourth-order valence-electron chi connectivity index (χ4n) is 11.0. The zero-order valence-corrected chi connectivity index (χ0v) is 40.5. The van der Waals surface area contributed by atoms with Crippen molar-refractivity contribution in [1.82, 2.24) is 0 Å². The second-order valence-corrected chi connectivity index (χ2v) is 23.0. The van der Waals surface area contributed by atoms with Crippen molar-refractivity contribution in [2.24, 2.45) is 0 Å². The average Bonchev–Trinajstić information content (AvgIpc) is 3.68. The lowest BCUT2D eigenvalue weighted by atomic mass is 9.35. The molecule has 0 fully saturated rings. The summed E-state index contributed by atoms with van der Waals surface area (Å²) in [6.07, 6.45) is 2.17. The van der Waals surface area contributed by atoms with Crippen LogP contribution < -0.4 is 26.4 Å². The van der Waals surface area contributed by atoms with Crippen molar-refractivity contribution < 1.29 is 4.42 Å². The monoisotopic (exact) mass is 841 g/mol. The Labute approximate surface area is 383 Å². The third kappa shape index (κ3) is 6.61. The number of anilines is 6. The van der Waals surface area contributed by atoms with Crippen LogP contribution in [0, 0.1) is 6.92 Å². The summed E-state index contributed by atoms with van der Waals surface area (Å²) in [5.41, 5.74) is 20.7. The zero-order chi connectivity index (χ0) is 45.3. The van der Waals surface area contributed by atoms with Crippen LogP contribution in [0.1, 0.15) is 135 Å². The topological polar surface area (TPSA) is 19.6 Å². The number of benzene rings is 6. The second kappa shape index (κ2) is 14.4. The molecule has 7 aromatic rings. The molecule has 64 heavy (non-hydrogen) atoms. The predicted octanol–water partition coefficient (Wildman–Crippen LogP) is 14.6. The smallest absolute Gasteiger partial charge is 0.297 e. The fraction of sp³-hybridized carbons (Fsp3) is 0.333. The van der Waals surface area contributed by atoms with Crippen LogP contribution in [-0.2, 0) is 27.1 Å². The van der Waals surface area contributed by atoms with E-state index in [0.717, 1.165) is 24.3 Å². The van der Waals surface area contributed by atoms with Gasteiger partial charge in [0.25, 0.3) is 6.71 Å². The molecule has 0 unspecified atom stereocenters. The lowest BCUT2D eigenvalue weighted by Crippen LogP contribution is -2.61. The number of rotatable bonds is 5. The molecule has 324 valence electrons. The minimum Gasteiger partial charge on any atom is -0.472 e. The molecule has 0 radical (unpaired) electrons. The van der Waals surface area contributed by atoms with Crippen LogP contribution >= 0.6 is 0 Å². The molecule has 0 bridgehead atoms. The highest BCUT2D eigenvalue weighted by Gasteiger charge is 2.52. The SMILES string of the molecule is Cc1cc2c3c(c1)N(c1ccc(C(C)(C)C)cc1)c1c(oc4c1C(C)(C)CCC4(C)C)B3c1cc(C(C)(C)c3ccccc3)ccc1N2c1ccc(C(C)(C)C)cc1-c1ccccc1. The number of nitrogens with zero attached hydrogens (tertiary/aromatic N) is 2. The van der Waals surface area contributed by atoms with Gasteiger partial charge in [0.2, 0.25) is 0 Å². The Bertz CT molecular complexity index is 2940. The van der Waals surface area contributed by atoms with Crippen molar-refractivity contribution >= 4 is 57.4 Å². The normalized spacial score (nSPS) is 16.2. The summed E-state index contributed by atoms with van der Waals surface area (Å²) in [6, 6.07) is 50.8. The molecule has 0 N–H and O–H groups in total. The van der Waals surface area contributed by atoms with Gasteiger partial charge < -0.3 is 14.2 Å². The van der Waals surface area contributed by atoms with E-state index >= 15 is 0 Å². The maximum Gasteiger partial charge on any atom is 0.297 e. The molecule has 2 aliphatic heterocycles. The first-order chi connectivity index (χ1) is 30.2. The first-order valence-electron chi connectivity index (χ1n) is 23.6. The molecule has 3 nitrogen and oxygen atoms in total. The second-order valence-electron chi connectivity index (χ2n) is 23.0. The van der Waals surface area contributed by atoms with E-state index in [9.17, 15) is 0 Å². The largest absolute Gasteiger partial charge is 0.472 e. The van der Waals surface area contributed by atoms with Crippen molar-refractivity contribution in [2.45, 2.75) is 130 Å². The summed E-state index contributed by atoms with van der Waals surface area (Å²) < 4.78 is 7.68. The van der Waals surface area contributed by atoms with Crippen LogP contribution in [-0.4, -0.2) is 6.71 Å². The van der Waals surface area contributed by atoms with Crippen LogP contribution in [0.25, 0.3) is 11.1 Å². The third-order valence-electron chi connectivity index (χ3n) is 15.1. The van der Waals surface area contributed by atoms with Crippen LogP contribution in [0.4, 0.5) is 34.1 Å². The number of aryl methyl sites for hydroxylation is 1. The molecule has 0 amide bonds. The summed E-state index contributed by atoms with van der Waals surface area (Å²) in [5, 5.41) is 0. The maximum absolute atomic E-state index is 7.68. The Hall–Kier alpha value is -5.74. The highest BCUT2D eigenvalue weighted by molar-refractivity contribution is 6.99. The highest BCUT2D eigenvalue weighted by Crippen LogP contribution is 2.55. The molecule has 0 atom stereocenters.